The standard InChI is InChI=1S/C25H26N6O/c1-25(2,20-8-4-3-5-9-20)31-29-24(28-30-31)22-11-7-6-10-21(22)19-14-12-18(13-15-19)16-27-17-23(26)32/h3-15,27H,16-17H2,1-2H3,(H2,26,32). The number of hydrogen-bond donors (Lipinski definition) is 2. The maximum Gasteiger partial charge on any atom is 0.231 e. The number of rotatable bonds is 8. The van der Waals surface area contributed by atoms with Gasteiger partial charge in [-0.15, -0.1) is 10.2 Å². The van der Waals surface area contributed by atoms with Gasteiger partial charge < -0.3 is 11.1 Å². The molecule has 7 heteroatoms. The van der Waals surface area contributed by atoms with E-state index in [2.05, 4.69) is 59.8 Å². The third-order valence-corrected chi connectivity index (χ3v) is 5.46. The lowest BCUT2D eigenvalue weighted by Gasteiger charge is -2.23. The zero-order valence-corrected chi connectivity index (χ0v) is 18.2. The molecule has 162 valence electrons. The molecule has 4 aromatic rings. The van der Waals surface area contributed by atoms with Crippen LogP contribution >= 0.6 is 0 Å². The third kappa shape index (κ3) is 4.58. The molecular formula is C25H26N6O. The van der Waals surface area contributed by atoms with Gasteiger partial charge in [0, 0.05) is 12.1 Å². The summed E-state index contributed by atoms with van der Waals surface area (Å²) in [4.78, 5) is 12.6. The molecule has 0 spiro atoms. The second kappa shape index (κ2) is 9.11. The SMILES string of the molecule is CC(C)(c1ccccc1)n1nnc(-c2ccccc2-c2ccc(CNCC(N)=O)cc2)n1. The minimum absolute atomic E-state index is 0.158. The average Bonchev–Trinajstić information content (AvgIpc) is 3.31. The molecule has 1 aromatic heterocycles. The van der Waals surface area contributed by atoms with Gasteiger partial charge in [0.05, 0.1) is 6.54 Å². The summed E-state index contributed by atoms with van der Waals surface area (Å²) >= 11 is 0. The predicted octanol–water partition coefficient (Wildman–Crippen LogP) is 3.37. The summed E-state index contributed by atoms with van der Waals surface area (Å²) in [7, 11) is 0. The molecule has 0 radical (unpaired) electrons. The molecule has 0 atom stereocenters. The number of tetrazole rings is 1. The van der Waals surface area contributed by atoms with Crippen molar-refractivity contribution in [1.29, 1.82) is 0 Å². The van der Waals surface area contributed by atoms with Crippen LogP contribution in [0.3, 0.4) is 0 Å². The molecule has 0 saturated carbocycles. The van der Waals surface area contributed by atoms with Gasteiger partial charge in [-0.05, 0) is 41.3 Å². The molecule has 1 heterocycles. The number of aromatic nitrogens is 4. The third-order valence-electron chi connectivity index (χ3n) is 5.46. The fourth-order valence-electron chi connectivity index (χ4n) is 3.58. The fourth-order valence-corrected chi connectivity index (χ4v) is 3.58. The highest BCUT2D eigenvalue weighted by atomic mass is 16.1. The number of carbonyl (C=O) groups is 1. The molecule has 7 nitrogen and oxygen atoms in total. The van der Waals surface area contributed by atoms with E-state index in [-0.39, 0.29) is 12.5 Å². The zero-order chi connectivity index (χ0) is 22.6. The average molecular weight is 427 g/mol. The van der Waals surface area contributed by atoms with E-state index in [0.717, 1.165) is 27.8 Å². The molecule has 32 heavy (non-hydrogen) atoms. The van der Waals surface area contributed by atoms with Gasteiger partial charge in [0.25, 0.3) is 0 Å². The van der Waals surface area contributed by atoms with Crippen molar-refractivity contribution in [3.05, 3.63) is 90.0 Å². The number of nitrogens with zero attached hydrogens (tertiary/aromatic N) is 4. The van der Waals surface area contributed by atoms with E-state index in [0.29, 0.717) is 12.4 Å². The number of carbonyl (C=O) groups excluding carboxylic acids is 1. The first-order valence-electron chi connectivity index (χ1n) is 10.5. The van der Waals surface area contributed by atoms with Crippen molar-refractivity contribution in [2.45, 2.75) is 25.9 Å². The van der Waals surface area contributed by atoms with Crippen molar-refractivity contribution in [3.63, 3.8) is 0 Å². The first-order valence-corrected chi connectivity index (χ1v) is 10.5. The minimum atomic E-state index is -0.430. The molecular weight excluding hydrogens is 400 g/mol. The van der Waals surface area contributed by atoms with Gasteiger partial charge in [-0.2, -0.15) is 4.80 Å². The lowest BCUT2D eigenvalue weighted by molar-refractivity contribution is -0.117. The van der Waals surface area contributed by atoms with E-state index < -0.39 is 5.54 Å². The second-order valence-corrected chi connectivity index (χ2v) is 8.14. The van der Waals surface area contributed by atoms with E-state index in [4.69, 9.17) is 10.8 Å². The van der Waals surface area contributed by atoms with Gasteiger partial charge in [0.15, 0.2) is 0 Å². The van der Waals surface area contributed by atoms with Crippen molar-refractivity contribution < 1.29 is 4.79 Å². The Morgan fingerprint density at radius 1 is 0.938 bits per heavy atom. The summed E-state index contributed by atoms with van der Waals surface area (Å²) in [5.74, 6) is 0.211. The van der Waals surface area contributed by atoms with E-state index in [1.165, 1.54) is 0 Å². The van der Waals surface area contributed by atoms with E-state index in [9.17, 15) is 4.79 Å². The van der Waals surface area contributed by atoms with Crippen molar-refractivity contribution in [1.82, 2.24) is 25.5 Å². The minimum Gasteiger partial charge on any atom is -0.369 e. The summed E-state index contributed by atoms with van der Waals surface area (Å²) in [6.45, 7) is 4.88. The smallest absolute Gasteiger partial charge is 0.231 e. The highest BCUT2D eigenvalue weighted by Gasteiger charge is 2.26. The number of amides is 1. The highest BCUT2D eigenvalue weighted by molar-refractivity contribution is 5.80. The van der Waals surface area contributed by atoms with Crippen LogP contribution in [-0.4, -0.2) is 32.7 Å². The van der Waals surface area contributed by atoms with E-state index >= 15 is 0 Å². The molecule has 4 rings (SSSR count). The summed E-state index contributed by atoms with van der Waals surface area (Å²) in [6, 6.07) is 26.4. The van der Waals surface area contributed by atoms with Gasteiger partial charge >= 0.3 is 0 Å². The number of benzene rings is 3. The Kier molecular flexibility index (Phi) is 6.09. The summed E-state index contributed by atoms with van der Waals surface area (Å²) < 4.78 is 0. The molecule has 0 saturated heterocycles. The number of primary amides is 1. The molecule has 0 aliphatic heterocycles. The normalized spacial score (nSPS) is 11.4. The van der Waals surface area contributed by atoms with E-state index in [1.54, 1.807) is 4.80 Å². The number of nitrogens with one attached hydrogen (secondary N) is 1. The van der Waals surface area contributed by atoms with Crippen LogP contribution in [-0.2, 0) is 16.9 Å². The maximum absolute atomic E-state index is 10.9. The lowest BCUT2D eigenvalue weighted by atomic mass is 9.95. The second-order valence-electron chi connectivity index (χ2n) is 8.14. The molecule has 0 aliphatic carbocycles. The Balaban J connectivity index is 1.60. The quantitative estimate of drug-likeness (QED) is 0.450. The van der Waals surface area contributed by atoms with Crippen LogP contribution in [0, 0.1) is 0 Å². The molecule has 3 aromatic carbocycles. The Labute approximate surface area is 187 Å². The van der Waals surface area contributed by atoms with Crippen LogP contribution in [0.4, 0.5) is 0 Å². The Morgan fingerprint density at radius 2 is 1.59 bits per heavy atom. The predicted molar refractivity (Wildman–Crippen MR) is 124 cm³/mol. The highest BCUT2D eigenvalue weighted by Crippen LogP contribution is 2.31. The lowest BCUT2D eigenvalue weighted by Crippen LogP contribution is -2.30. The largest absolute Gasteiger partial charge is 0.369 e. The Hall–Kier alpha value is -3.84. The number of nitrogens with two attached hydrogens (primary N) is 1. The monoisotopic (exact) mass is 426 g/mol. The van der Waals surface area contributed by atoms with Crippen LogP contribution in [0.1, 0.15) is 25.0 Å². The van der Waals surface area contributed by atoms with Gasteiger partial charge in [-0.3, -0.25) is 4.79 Å². The molecule has 0 bridgehead atoms. The van der Waals surface area contributed by atoms with Crippen LogP contribution in [0.15, 0.2) is 78.9 Å². The van der Waals surface area contributed by atoms with Gasteiger partial charge in [-0.1, -0.05) is 78.9 Å². The number of hydrogen-bond acceptors (Lipinski definition) is 5. The molecule has 3 N–H and O–H groups in total. The van der Waals surface area contributed by atoms with Crippen molar-refractivity contribution in [3.8, 4) is 22.5 Å². The summed E-state index contributed by atoms with van der Waals surface area (Å²) in [5, 5.41) is 16.5. The molecule has 0 fully saturated rings. The van der Waals surface area contributed by atoms with Gasteiger partial charge in [-0.25, -0.2) is 0 Å². The first kappa shape index (κ1) is 21.4. The zero-order valence-electron chi connectivity index (χ0n) is 18.2. The van der Waals surface area contributed by atoms with E-state index in [1.807, 2.05) is 48.5 Å². The van der Waals surface area contributed by atoms with Crippen molar-refractivity contribution >= 4 is 5.91 Å². The Bertz CT molecular complexity index is 1200. The molecule has 0 unspecified atom stereocenters. The van der Waals surface area contributed by atoms with Crippen LogP contribution in [0.25, 0.3) is 22.5 Å². The van der Waals surface area contributed by atoms with Gasteiger partial charge in [0.1, 0.15) is 5.54 Å². The first-order chi connectivity index (χ1) is 15.4. The Morgan fingerprint density at radius 3 is 2.28 bits per heavy atom. The summed E-state index contributed by atoms with van der Waals surface area (Å²) in [6.07, 6.45) is 0. The fraction of sp³-hybridized carbons (Fsp3) is 0.200. The van der Waals surface area contributed by atoms with Crippen LogP contribution in [0.2, 0.25) is 0 Å². The molecule has 0 aliphatic rings. The summed E-state index contributed by atoms with van der Waals surface area (Å²) in [5.41, 5.74) is 9.92. The van der Waals surface area contributed by atoms with Crippen LogP contribution in [0.5, 0.6) is 0 Å². The topological polar surface area (TPSA) is 98.7 Å². The molecule has 1 amide bonds. The van der Waals surface area contributed by atoms with Crippen molar-refractivity contribution in [2.75, 3.05) is 6.54 Å². The van der Waals surface area contributed by atoms with Crippen LogP contribution < -0.4 is 11.1 Å². The van der Waals surface area contributed by atoms with Crippen molar-refractivity contribution in [2.24, 2.45) is 5.73 Å². The maximum atomic E-state index is 10.9. The van der Waals surface area contributed by atoms with Gasteiger partial charge in [0.2, 0.25) is 11.7 Å².